The van der Waals surface area contributed by atoms with Crippen molar-refractivity contribution in [2.24, 2.45) is 0 Å². The first-order valence-corrected chi connectivity index (χ1v) is 9.69. The van der Waals surface area contributed by atoms with Crippen molar-refractivity contribution in [3.63, 3.8) is 0 Å². The third-order valence-electron chi connectivity index (χ3n) is 4.99. The van der Waals surface area contributed by atoms with Crippen LogP contribution in [0.25, 0.3) is 16.5 Å². The number of aryl methyl sites for hydroxylation is 2. The second kappa shape index (κ2) is 8.86. The number of hydrogen-bond donors (Lipinski definition) is 1. The number of fused-ring (bicyclic) bond motifs is 1. The summed E-state index contributed by atoms with van der Waals surface area (Å²) in [5, 5.41) is 3.95. The summed E-state index contributed by atoms with van der Waals surface area (Å²) in [4.78, 5) is 12.5. The molecule has 29 heavy (non-hydrogen) atoms. The molecule has 1 N–H and O–H groups in total. The second-order valence-electron chi connectivity index (χ2n) is 6.92. The van der Waals surface area contributed by atoms with E-state index in [1.165, 1.54) is 0 Å². The lowest BCUT2D eigenvalue weighted by molar-refractivity contribution is -0.116. The van der Waals surface area contributed by atoms with Crippen LogP contribution in [0.2, 0.25) is 0 Å². The van der Waals surface area contributed by atoms with Gasteiger partial charge in [-0.3, -0.25) is 4.79 Å². The number of allylic oxidation sites excluding steroid dienone is 1. The third kappa shape index (κ3) is 4.45. The lowest BCUT2D eigenvalue weighted by Crippen LogP contribution is -2.21. The minimum atomic E-state index is -0.170. The maximum Gasteiger partial charge on any atom is 0.244 e. The van der Waals surface area contributed by atoms with Crippen molar-refractivity contribution in [2.45, 2.75) is 34.2 Å². The number of amides is 1. The lowest BCUT2D eigenvalue weighted by atomic mass is 10.0. The van der Waals surface area contributed by atoms with Gasteiger partial charge in [-0.05, 0) is 51.0 Å². The summed E-state index contributed by atoms with van der Waals surface area (Å²) >= 11 is 0. The standard InChI is InChI=1S/C24H27NO4/c1-6-28-22-13-23-20(16(3)17(4)29-23)12-19(22)15(2)11-24(26)25-14-18-9-7-8-10-21(18)27-5/h7-13H,6,14H2,1-5H3,(H,25,26)/b15-11+. The number of ether oxygens (including phenoxy) is 2. The predicted octanol–water partition coefficient (Wildman–Crippen LogP) is 5.18. The first-order valence-electron chi connectivity index (χ1n) is 9.69. The predicted molar refractivity (Wildman–Crippen MR) is 115 cm³/mol. The van der Waals surface area contributed by atoms with Crippen LogP contribution in [0.15, 0.2) is 46.9 Å². The van der Waals surface area contributed by atoms with Gasteiger partial charge in [0, 0.05) is 35.2 Å². The first kappa shape index (κ1) is 20.5. The zero-order valence-electron chi connectivity index (χ0n) is 17.6. The zero-order valence-corrected chi connectivity index (χ0v) is 17.6. The van der Waals surface area contributed by atoms with Crippen molar-refractivity contribution in [1.82, 2.24) is 5.32 Å². The topological polar surface area (TPSA) is 60.7 Å². The van der Waals surface area contributed by atoms with Gasteiger partial charge < -0.3 is 19.2 Å². The smallest absolute Gasteiger partial charge is 0.244 e. The van der Waals surface area contributed by atoms with E-state index in [2.05, 4.69) is 5.32 Å². The Morgan fingerprint density at radius 2 is 1.93 bits per heavy atom. The molecule has 0 radical (unpaired) electrons. The van der Waals surface area contributed by atoms with E-state index in [1.54, 1.807) is 13.2 Å². The minimum absolute atomic E-state index is 0.170. The van der Waals surface area contributed by atoms with Crippen LogP contribution in [0.4, 0.5) is 0 Å². The summed E-state index contributed by atoms with van der Waals surface area (Å²) in [6, 6.07) is 11.6. The van der Waals surface area contributed by atoms with E-state index in [0.717, 1.165) is 44.7 Å². The highest BCUT2D eigenvalue weighted by atomic mass is 16.5. The number of nitrogens with one attached hydrogen (secondary N) is 1. The molecule has 0 unspecified atom stereocenters. The average molecular weight is 393 g/mol. The molecule has 0 fully saturated rings. The molecule has 0 atom stereocenters. The first-order chi connectivity index (χ1) is 13.9. The van der Waals surface area contributed by atoms with Crippen LogP contribution in [0.3, 0.4) is 0 Å². The summed E-state index contributed by atoms with van der Waals surface area (Å²) in [6.07, 6.45) is 1.60. The van der Waals surface area contributed by atoms with Crippen LogP contribution < -0.4 is 14.8 Å². The van der Waals surface area contributed by atoms with E-state index in [4.69, 9.17) is 13.9 Å². The number of carbonyl (C=O) groups is 1. The number of benzene rings is 2. The van der Waals surface area contributed by atoms with Gasteiger partial charge in [0.05, 0.1) is 13.7 Å². The van der Waals surface area contributed by atoms with Crippen LogP contribution in [0, 0.1) is 13.8 Å². The monoisotopic (exact) mass is 393 g/mol. The van der Waals surface area contributed by atoms with Gasteiger partial charge in [0.25, 0.3) is 0 Å². The van der Waals surface area contributed by atoms with Crippen molar-refractivity contribution in [1.29, 1.82) is 0 Å². The molecular formula is C24H27NO4. The van der Waals surface area contributed by atoms with Gasteiger partial charge in [0.1, 0.15) is 22.8 Å². The molecule has 1 heterocycles. The van der Waals surface area contributed by atoms with Crippen molar-refractivity contribution < 1.29 is 18.7 Å². The molecule has 0 aliphatic heterocycles. The van der Waals surface area contributed by atoms with Gasteiger partial charge >= 0.3 is 0 Å². The molecule has 3 aromatic rings. The Hall–Kier alpha value is -3.21. The zero-order chi connectivity index (χ0) is 21.0. The van der Waals surface area contributed by atoms with Gasteiger partial charge in [0.2, 0.25) is 5.91 Å². The van der Waals surface area contributed by atoms with Crippen LogP contribution in [-0.2, 0) is 11.3 Å². The Labute approximate surface area is 171 Å². The summed E-state index contributed by atoms with van der Waals surface area (Å²) in [7, 11) is 1.62. The molecule has 152 valence electrons. The highest BCUT2D eigenvalue weighted by Gasteiger charge is 2.14. The molecule has 0 spiro atoms. The Kier molecular flexibility index (Phi) is 6.27. The van der Waals surface area contributed by atoms with Crippen LogP contribution in [-0.4, -0.2) is 19.6 Å². The molecule has 0 aliphatic carbocycles. The van der Waals surface area contributed by atoms with Crippen LogP contribution >= 0.6 is 0 Å². The number of methoxy groups -OCH3 is 1. The maximum atomic E-state index is 12.5. The number of carbonyl (C=O) groups excluding carboxylic acids is 1. The molecule has 0 aliphatic rings. The third-order valence-corrected chi connectivity index (χ3v) is 4.99. The Morgan fingerprint density at radius 3 is 2.66 bits per heavy atom. The quantitative estimate of drug-likeness (QED) is 0.562. The molecule has 0 saturated heterocycles. The molecule has 0 saturated carbocycles. The summed E-state index contributed by atoms with van der Waals surface area (Å²) < 4.78 is 17.0. The summed E-state index contributed by atoms with van der Waals surface area (Å²) in [6.45, 7) is 8.75. The number of rotatable bonds is 7. The second-order valence-corrected chi connectivity index (χ2v) is 6.92. The van der Waals surface area contributed by atoms with Gasteiger partial charge in [-0.1, -0.05) is 18.2 Å². The fourth-order valence-corrected chi connectivity index (χ4v) is 3.31. The van der Waals surface area contributed by atoms with E-state index < -0.39 is 0 Å². The van der Waals surface area contributed by atoms with E-state index in [0.29, 0.717) is 18.9 Å². The van der Waals surface area contributed by atoms with E-state index in [1.807, 2.05) is 64.1 Å². The normalized spacial score (nSPS) is 11.6. The van der Waals surface area contributed by atoms with E-state index in [-0.39, 0.29) is 5.91 Å². The molecule has 3 rings (SSSR count). The maximum absolute atomic E-state index is 12.5. The van der Waals surface area contributed by atoms with Crippen LogP contribution in [0.1, 0.15) is 36.3 Å². The van der Waals surface area contributed by atoms with E-state index in [9.17, 15) is 4.79 Å². The van der Waals surface area contributed by atoms with Crippen molar-refractivity contribution >= 4 is 22.4 Å². The fraction of sp³-hybridized carbons (Fsp3) is 0.292. The van der Waals surface area contributed by atoms with E-state index >= 15 is 0 Å². The van der Waals surface area contributed by atoms with Crippen molar-refractivity contribution in [3.8, 4) is 11.5 Å². The molecule has 1 aromatic heterocycles. The van der Waals surface area contributed by atoms with Gasteiger partial charge in [-0.15, -0.1) is 0 Å². The van der Waals surface area contributed by atoms with Crippen LogP contribution in [0.5, 0.6) is 11.5 Å². The molecule has 1 amide bonds. The number of furan rings is 1. The Morgan fingerprint density at radius 1 is 1.17 bits per heavy atom. The highest BCUT2D eigenvalue weighted by Crippen LogP contribution is 2.35. The molecular weight excluding hydrogens is 366 g/mol. The fourth-order valence-electron chi connectivity index (χ4n) is 3.31. The largest absolute Gasteiger partial charge is 0.496 e. The molecule has 2 aromatic carbocycles. The highest BCUT2D eigenvalue weighted by molar-refractivity contribution is 5.97. The molecule has 5 heteroatoms. The number of para-hydroxylation sites is 1. The van der Waals surface area contributed by atoms with Gasteiger partial charge in [-0.2, -0.15) is 0 Å². The van der Waals surface area contributed by atoms with Crippen molar-refractivity contribution in [2.75, 3.05) is 13.7 Å². The van der Waals surface area contributed by atoms with Gasteiger partial charge in [0.15, 0.2) is 0 Å². The molecule has 5 nitrogen and oxygen atoms in total. The summed E-state index contributed by atoms with van der Waals surface area (Å²) in [5.41, 5.74) is 4.52. The minimum Gasteiger partial charge on any atom is -0.496 e. The Balaban J connectivity index is 1.85. The number of hydrogen-bond acceptors (Lipinski definition) is 4. The summed E-state index contributed by atoms with van der Waals surface area (Å²) in [5.74, 6) is 2.18. The Bertz CT molecular complexity index is 1060. The van der Waals surface area contributed by atoms with Crippen molar-refractivity contribution in [3.05, 3.63) is 64.9 Å². The SMILES string of the molecule is CCOc1cc2oc(C)c(C)c2cc1/C(C)=C/C(=O)NCc1ccccc1OC. The average Bonchev–Trinajstić information content (AvgIpc) is 2.99. The van der Waals surface area contributed by atoms with Gasteiger partial charge in [-0.25, -0.2) is 0 Å². The lowest BCUT2D eigenvalue weighted by Gasteiger charge is -2.12. The molecule has 0 bridgehead atoms.